The fourth-order valence-corrected chi connectivity index (χ4v) is 6.43. The van der Waals surface area contributed by atoms with Crippen molar-refractivity contribution in [2.75, 3.05) is 18.0 Å². The first-order valence-electron chi connectivity index (χ1n) is 10.6. The van der Waals surface area contributed by atoms with Gasteiger partial charge in [-0.15, -0.1) is 11.3 Å². The van der Waals surface area contributed by atoms with E-state index < -0.39 is 39.9 Å². The second-order valence-electron chi connectivity index (χ2n) is 8.51. The molecule has 0 bridgehead atoms. The average molecular weight is 505 g/mol. The Labute approximate surface area is 202 Å². The van der Waals surface area contributed by atoms with Gasteiger partial charge in [0.15, 0.2) is 0 Å². The van der Waals surface area contributed by atoms with Crippen LogP contribution in [-0.2, 0) is 14.8 Å². The van der Waals surface area contributed by atoms with E-state index in [-0.39, 0.29) is 9.90 Å². The summed E-state index contributed by atoms with van der Waals surface area (Å²) < 4.78 is 52.6. The number of hydrogen-bond donors (Lipinski definition) is 1. The molecule has 10 heteroatoms. The van der Waals surface area contributed by atoms with Gasteiger partial charge >= 0.3 is 0 Å². The maximum atomic E-state index is 13.5. The Morgan fingerprint density at radius 3 is 2.62 bits per heavy atom. The normalized spacial score (nSPS) is 16.8. The average Bonchev–Trinajstić information content (AvgIpc) is 3.33. The van der Waals surface area contributed by atoms with E-state index in [1.54, 1.807) is 36.8 Å². The number of ether oxygens (including phenoxy) is 2. The van der Waals surface area contributed by atoms with Crippen molar-refractivity contribution < 1.29 is 27.1 Å². The van der Waals surface area contributed by atoms with Gasteiger partial charge in [0.25, 0.3) is 10.0 Å². The van der Waals surface area contributed by atoms with Crippen LogP contribution < -0.4 is 19.1 Å². The van der Waals surface area contributed by atoms with Crippen LogP contribution in [0.15, 0.2) is 64.2 Å². The van der Waals surface area contributed by atoms with E-state index in [4.69, 9.17) is 9.47 Å². The minimum Gasteiger partial charge on any atom is -0.497 e. The third-order valence-corrected chi connectivity index (χ3v) is 8.60. The second kappa shape index (κ2) is 9.27. The molecule has 0 saturated heterocycles. The Kier molecular flexibility index (Phi) is 6.55. The van der Waals surface area contributed by atoms with E-state index >= 15 is 0 Å². The lowest BCUT2D eigenvalue weighted by atomic mass is 9.89. The van der Waals surface area contributed by atoms with E-state index in [1.807, 2.05) is 13.8 Å². The van der Waals surface area contributed by atoms with Crippen LogP contribution in [0.2, 0.25) is 0 Å². The van der Waals surface area contributed by atoms with Crippen molar-refractivity contribution in [3.05, 3.63) is 71.4 Å². The number of carbonyl (C=O) groups is 1. The number of sulfonamides is 1. The van der Waals surface area contributed by atoms with Crippen LogP contribution in [0.1, 0.15) is 31.9 Å². The van der Waals surface area contributed by atoms with E-state index in [1.165, 1.54) is 18.2 Å². The molecule has 0 spiro atoms. The standard InChI is InChI=1S/C24H25FN2O5S2/c1-24(2)14-20(19-13-18(31-3)10-11-21(19)32-24)26-22(28)15-27(17-8-6-16(25)7-9-17)34(29,30)23-5-4-12-33-23/h4-13,20H,14-15H2,1-3H3,(H,26,28). The molecule has 2 aromatic carbocycles. The van der Waals surface area contributed by atoms with Crippen molar-refractivity contribution in [2.24, 2.45) is 0 Å². The van der Waals surface area contributed by atoms with E-state index in [2.05, 4.69) is 5.32 Å². The summed E-state index contributed by atoms with van der Waals surface area (Å²) >= 11 is 1.05. The summed E-state index contributed by atoms with van der Waals surface area (Å²) in [5, 5.41) is 4.60. The highest BCUT2D eigenvalue weighted by Crippen LogP contribution is 2.41. The van der Waals surface area contributed by atoms with Gasteiger partial charge in [-0.1, -0.05) is 6.07 Å². The number of fused-ring (bicyclic) bond motifs is 1. The number of thiophene rings is 1. The lowest BCUT2D eigenvalue weighted by Crippen LogP contribution is -2.45. The monoisotopic (exact) mass is 504 g/mol. The first-order chi connectivity index (χ1) is 16.1. The fourth-order valence-electron chi connectivity index (χ4n) is 3.90. The van der Waals surface area contributed by atoms with Gasteiger partial charge in [-0.05, 0) is 67.8 Å². The van der Waals surface area contributed by atoms with Gasteiger partial charge in [0.05, 0.1) is 18.8 Å². The van der Waals surface area contributed by atoms with E-state index in [0.29, 0.717) is 17.9 Å². The Hall–Kier alpha value is -3.11. The number of hydrogen-bond acceptors (Lipinski definition) is 6. The first-order valence-corrected chi connectivity index (χ1v) is 12.9. The molecule has 3 aromatic rings. The summed E-state index contributed by atoms with van der Waals surface area (Å²) in [6.07, 6.45) is 0.479. The maximum absolute atomic E-state index is 13.5. The minimum atomic E-state index is -4.03. The molecule has 1 aliphatic heterocycles. The van der Waals surface area contributed by atoms with Crippen LogP contribution in [0.25, 0.3) is 0 Å². The Morgan fingerprint density at radius 2 is 1.97 bits per heavy atom. The zero-order valence-electron chi connectivity index (χ0n) is 18.9. The van der Waals surface area contributed by atoms with E-state index in [9.17, 15) is 17.6 Å². The number of methoxy groups -OCH3 is 1. The van der Waals surface area contributed by atoms with Crippen molar-refractivity contribution in [2.45, 2.75) is 36.1 Å². The molecule has 1 unspecified atom stereocenters. The van der Waals surface area contributed by atoms with Crippen LogP contribution in [0.4, 0.5) is 10.1 Å². The molecule has 7 nitrogen and oxygen atoms in total. The summed E-state index contributed by atoms with van der Waals surface area (Å²) in [5.74, 6) is 0.246. The molecule has 0 radical (unpaired) electrons. The van der Waals surface area contributed by atoms with Crippen molar-refractivity contribution in [1.82, 2.24) is 5.32 Å². The van der Waals surface area contributed by atoms with Gasteiger partial charge in [0, 0.05) is 12.0 Å². The van der Waals surface area contributed by atoms with Gasteiger partial charge in [0.1, 0.15) is 33.7 Å². The molecule has 1 atom stereocenters. The van der Waals surface area contributed by atoms with Crippen LogP contribution in [-0.4, -0.2) is 33.6 Å². The zero-order chi connectivity index (χ0) is 24.5. The number of rotatable bonds is 7. The predicted molar refractivity (Wildman–Crippen MR) is 128 cm³/mol. The molecule has 4 rings (SSSR count). The van der Waals surface area contributed by atoms with Crippen LogP contribution in [0, 0.1) is 5.82 Å². The van der Waals surface area contributed by atoms with Gasteiger partial charge < -0.3 is 14.8 Å². The summed E-state index contributed by atoms with van der Waals surface area (Å²) in [7, 11) is -2.48. The molecular weight excluding hydrogens is 479 g/mol. The zero-order valence-corrected chi connectivity index (χ0v) is 20.6. The topological polar surface area (TPSA) is 84.9 Å². The minimum absolute atomic E-state index is 0.0897. The number of amides is 1. The van der Waals surface area contributed by atoms with E-state index in [0.717, 1.165) is 33.3 Å². The molecule has 34 heavy (non-hydrogen) atoms. The SMILES string of the molecule is COc1ccc2c(c1)C(NC(=O)CN(c1ccc(F)cc1)S(=O)(=O)c1cccs1)CC(C)(C)O2. The molecule has 0 fully saturated rings. The van der Waals surface area contributed by atoms with Crippen LogP contribution in [0.3, 0.4) is 0 Å². The molecule has 1 aliphatic rings. The summed E-state index contributed by atoms with van der Waals surface area (Å²) in [6, 6.07) is 13.0. The molecule has 1 amide bonds. The summed E-state index contributed by atoms with van der Waals surface area (Å²) in [5.41, 5.74) is 0.403. The summed E-state index contributed by atoms with van der Waals surface area (Å²) in [6.45, 7) is 3.37. The number of nitrogens with zero attached hydrogens (tertiary/aromatic N) is 1. The van der Waals surface area contributed by atoms with Crippen LogP contribution in [0.5, 0.6) is 11.5 Å². The molecule has 0 saturated carbocycles. The molecule has 2 heterocycles. The summed E-state index contributed by atoms with van der Waals surface area (Å²) in [4.78, 5) is 13.2. The highest BCUT2D eigenvalue weighted by Gasteiger charge is 2.36. The highest BCUT2D eigenvalue weighted by atomic mass is 32.2. The first kappa shape index (κ1) is 24.0. The Bertz CT molecular complexity index is 1280. The molecule has 180 valence electrons. The fraction of sp³-hybridized carbons (Fsp3) is 0.292. The molecule has 1 aromatic heterocycles. The molecule has 1 N–H and O–H groups in total. The van der Waals surface area contributed by atoms with Crippen molar-refractivity contribution in [1.29, 1.82) is 0 Å². The highest BCUT2D eigenvalue weighted by molar-refractivity contribution is 7.94. The van der Waals surface area contributed by atoms with Crippen molar-refractivity contribution >= 4 is 33.0 Å². The maximum Gasteiger partial charge on any atom is 0.274 e. The van der Waals surface area contributed by atoms with Gasteiger partial charge in [-0.3, -0.25) is 9.10 Å². The van der Waals surface area contributed by atoms with Gasteiger partial charge in [-0.25, -0.2) is 12.8 Å². The lowest BCUT2D eigenvalue weighted by molar-refractivity contribution is -0.120. The third kappa shape index (κ3) is 5.02. The largest absolute Gasteiger partial charge is 0.497 e. The third-order valence-electron chi connectivity index (χ3n) is 5.45. The van der Waals surface area contributed by atoms with Gasteiger partial charge in [-0.2, -0.15) is 0 Å². The number of halogens is 1. The van der Waals surface area contributed by atoms with Crippen molar-refractivity contribution in [3.63, 3.8) is 0 Å². The smallest absolute Gasteiger partial charge is 0.274 e. The quantitative estimate of drug-likeness (QED) is 0.512. The van der Waals surface area contributed by atoms with Gasteiger partial charge in [0.2, 0.25) is 5.91 Å². The lowest BCUT2D eigenvalue weighted by Gasteiger charge is -2.38. The Balaban J connectivity index is 1.63. The van der Waals surface area contributed by atoms with Crippen molar-refractivity contribution in [3.8, 4) is 11.5 Å². The number of nitrogens with one attached hydrogen (secondary N) is 1. The van der Waals surface area contributed by atoms with Crippen LogP contribution >= 0.6 is 11.3 Å². The second-order valence-corrected chi connectivity index (χ2v) is 11.5. The molecule has 0 aliphatic carbocycles. The number of benzene rings is 2. The number of carbonyl (C=O) groups excluding carboxylic acids is 1. The number of anilines is 1. The molecular formula is C24H25FN2O5S2. The Morgan fingerprint density at radius 1 is 1.24 bits per heavy atom. The predicted octanol–water partition coefficient (Wildman–Crippen LogP) is 4.51.